The van der Waals surface area contributed by atoms with E-state index < -0.39 is 0 Å². The zero-order valence-corrected chi connectivity index (χ0v) is 10.9. The molecule has 3 aromatic rings. The molecule has 2 N–H and O–H groups in total. The van der Waals surface area contributed by atoms with Crippen molar-refractivity contribution in [3.05, 3.63) is 53.6 Å². The SMILES string of the molecule is CCc1ccc2oc(-c3cccc(CN)c3)nc2c1. The number of benzene rings is 2. The summed E-state index contributed by atoms with van der Waals surface area (Å²) in [4.78, 5) is 4.56. The Balaban J connectivity index is 2.09. The Morgan fingerprint density at radius 3 is 2.79 bits per heavy atom. The summed E-state index contributed by atoms with van der Waals surface area (Å²) in [5, 5.41) is 0. The quantitative estimate of drug-likeness (QED) is 0.776. The average Bonchev–Trinajstić information content (AvgIpc) is 2.90. The molecule has 1 heterocycles. The van der Waals surface area contributed by atoms with Crippen molar-refractivity contribution >= 4 is 11.1 Å². The molecule has 1 aromatic heterocycles. The molecular formula is C16H16N2O. The Hall–Kier alpha value is -2.13. The summed E-state index contributed by atoms with van der Waals surface area (Å²) >= 11 is 0. The van der Waals surface area contributed by atoms with Crippen LogP contribution in [0, 0.1) is 0 Å². The fraction of sp³-hybridized carbons (Fsp3) is 0.188. The molecule has 3 rings (SSSR count). The standard InChI is InChI=1S/C16H16N2O/c1-2-11-6-7-15-14(9-11)18-16(19-15)13-5-3-4-12(8-13)10-17/h3-9H,2,10,17H2,1H3. The molecule has 0 atom stereocenters. The molecule has 0 spiro atoms. The summed E-state index contributed by atoms with van der Waals surface area (Å²) in [5.41, 5.74) is 10.7. The monoisotopic (exact) mass is 252 g/mol. The van der Waals surface area contributed by atoms with E-state index >= 15 is 0 Å². The van der Waals surface area contributed by atoms with Crippen molar-refractivity contribution < 1.29 is 4.42 Å². The first-order chi connectivity index (χ1) is 9.30. The van der Waals surface area contributed by atoms with Gasteiger partial charge in [0.05, 0.1) is 0 Å². The van der Waals surface area contributed by atoms with Crippen LogP contribution < -0.4 is 5.73 Å². The van der Waals surface area contributed by atoms with Crippen LogP contribution in [0.1, 0.15) is 18.1 Å². The molecule has 3 nitrogen and oxygen atoms in total. The number of hydrogen-bond acceptors (Lipinski definition) is 3. The van der Waals surface area contributed by atoms with Gasteiger partial charge in [-0.25, -0.2) is 4.98 Å². The van der Waals surface area contributed by atoms with E-state index in [0.29, 0.717) is 12.4 Å². The van der Waals surface area contributed by atoms with Gasteiger partial charge in [-0.15, -0.1) is 0 Å². The number of hydrogen-bond donors (Lipinski definition) is 1. The van der Waals surface area contributed by atoms with Gasteiger partial charge in [0.25, 0.3) is 0 Å². The Morgan fingerprint density at radius 2 is 2.00 bits per heavy atom. The van der Waals surface area contributed by atoms with E-state index in [1.165, 1.54) is 5.56 Å². The van der Waals surface area contributed by atoms with Crippen LogP contribution in [-0.2, 0) is 13.0 Å². The minimum Gasteiger partial charge on any atom is -0.436 e. The highest BCUT2D eigenvalue weighted by atomic mass is 16.3. The topological polar surface area (TPSA) is 52.0 Å². The second-order valence-corrected chi connectivity index (χ2v) is 4.58. The van der Waals surface area contributed by atoms with Crippen LogP contribution in [0.3, 0.4) is 0 Å². The minimum atomic E-state index is 0.522. The molecule has 2 aromatic carbocycles. The molecule has 19 heavy (non-hydrogen) atoms. The van der Waals surface area contributed by atoms with Gasteiger partial charge in [0.15, 0.2) is 5.58 Å². The second-order valence-electron chi connectivity index (χ2n) is 4.58. The van der Waals surface area contributed by atoms with Gasteiger partial charge < -0.3 is 10.2 Å². The summed E-state index contributed by atoms with van der Waals surface area (Å²) in [6.45, 7) is 2.65. The van der Waals surface area contributed by atoms with E-state index in [1.807, 2.05) is 30.3 Å². The van der Waals surface area contributed by atoms with Gasteiger partial charge in [0, 0.05) is 12.1 Å². The van der Waals surface area contributed by atoms with Crippen molar-refractivity contribution in [3.8, 4) is 11.5 Å². The molecule has 0 radical (unpaired) electrons. The molecule has 3 heteroatoms. The Labute approximate surface area is 112 Å². The van der Waals surface area contributed by atoms with E-state index in [-0.39, 0.29) is 0 Å². The van der Waals surface area contributed by atoms with Crippen LogP contribution in [0.5, 0.6) is 0 Å². The third-order valence-corrected chi connectivity index (χ3v) is 3.27. The van der Waals surface area contributed by atoms with Gasteiger partial charge in [0.2, 0.25) is 5.89 Å². The predicted molar refractivity (Wildman–Crippen MR) is 76.7 cm³/mol. The van der Waals surface area contributed by atoms with Crippen LogP contribution >= 0.6 is 0 Å². The first kappa shape index (κ1) is 11.9. The van der Waals surface area contributed by atoms with Gasteiger partial charge >= 0.3 is 0 Å². The molecular weight excluding hydrogens is 236 g/mol. The zero-order chi connectivity index (χ0) is 13.2. The summed E-state index contributed by atoms with van der Waals surface area (Å²) in [5.74, 6) is 0.651. The number of nitrogens with zero attached hydrogens (tertiary/aromatic N) is 1. The highest BCUT2D eigenvalue weighted by Gasteiger charge is 2.08. The van der Waals surface area contributed by atoms with E-state index in [1.54, 1.807) is 0 Å². The summed E-state index contributed by atoms with van der Waals surface area (Å²) < 4.78 is 5.80. The van der Waals surface area contributed by atoms with Crippen molar-refractivity contribution in [3.63, 3.8) is 0 Å². The Morgan fingerprint density at radius 1 is 1.11 bits per heavy atom. The smallest absolute Gasteiger partial charge is 0.227 e. The zero-order valence-electron chi connectivity index (χ0n) is 10.9. The fourth-order valence-electron chi connectivity index (χ4n) is 2.15. The number of nitrogens with two attached hydrogens (primary N) is 1. The Bertz CT molecular complexity index is 716. The van der Waals surface area contributed by atoms with Crippen LogP contribution in [0.25, 0.3) is 22.6 Å². The molecule has 0 saturated heterocycles. The molecule has 0 aliphatic rings. The van der Waals surface area contributed by atoms with E-state index in [9.17, 15) is 0 Å². The maximum Gasteiger partial charge on any atom is 0.227 e. The maximum absolute atomic E-state index is 5.80. The largest absolute Gasteiger partial charge is 0.436 e. The first-order valence-corrected chi connectivity index (χ1v) is 6.49. The number of rotatable bonds is 3. The molecule has 0 aliphatic carbocycles. The van der Waals surface area contributed by atoms with Gasteiger partial charge in [-0.3, -0.25) is 0 Å². The van der Waals surface area contributed by atoms with Crippen molar-refractivity contribution in [1.82, 2.24) is 4.98 Å². The van der Waals surface area contributed by atoms with Crippen LogP contribution in [0.15, 0.2) is 46.9 Å². The van der Waals surface area contributed by atoms with Gasteiger partial charge in [-0.1, -0.05) is 25.1 Å². The van der Waals surface area contributed by atoms with E-state index in [0.717, 1.165) is 28.6 Å². The third kappa shape index (κ3) is 2.25. The van der Waals surface area contributed by atoms with Crippen molar-refractivity contribution in [2.24, 2.45) is 5.73 Å². The summed E-state index contributed by atoms with van der Waals surface area (Å²) in [6, 6.07) is 14.1. The fourth-order valence-corrected chi connectivity index (χ4v) is 2.15. The van der Waals surface area contributed by atoms with Crippen LogP contribution in [-0.4, -0.2) is 4.98 Å². The van der Waals surface area contributed by atoms with Gasteiger partial charge in [-0.2, -0.15) is 0 Å². The lowest BCUT2D eigenvalue weighted by atomic mass is 10.1. The van der Waals surface area contributed by atoms with Gasteiger partial charge in [-0.05, 0) is 41.8 Å². The highest BCUT2D eigenvalue weighted by Crippen LogP contribution is 2.25. The highest BCUT2D eigenvalue weighted by molar-refractivity contribution is 5.77. The molecule has 0 unspecified atom stereocenters. The van der Waals surface area contributed by atoms with Gasteiger partial charge in [0.1, 0.15) is 5.52 Å². The normalized spacial score (nSPS) is 11.1. The predicted octanol–water partition coefficient (Wildman–Crippen LogP) is 3.52. The average molecular weight is 252 g/mol. The Kier molecular flexibility index (Phi) is 3.05. The van der Waals surface area contributed by atoms with Crippen molar-refractivity contribution in [2.75, 3.05) is 0 Å². The lowest BCUT2D eigenvalue weighted by Gasteiger charge is -1.98. The molecule has 0 aliphatic heterocycles. The number of aryl methyl sites for hydroxylation is 1. The van der Waals surface area contributed by atoms with E-state index in [4.69, 9.17) is 10.2 Å². The maximum atomic E-state index is 5.80. The molecule has 96 valence electrons. The number of aromatic nitrogens is 1. The molecule has 0 amide bonds. The summed E-state index contributed by atoms with van der Waals surface area (Å²) in [7, 11) is 0. The van der Waals surface area contributed by atoms with Crippen LogP contribution in [0.4, 0.5) is 0 Å². The lowest BCUT2D eigenvalue weighted by Crippen LogP contribution is -1.95. The van der Waals surface area contributed by atoms with Crippen molar-refractivity contribution in [2.45, 2.75) is 19.9 Å². The third-order valence-electron chi connectivity index (χ3n) is 3.27. The van der Waals surface area contributed by atoms with Crippen molar-refractivity contribution in [1.29, 1.82) is 0 Å². The second kappa shape index (κ2) is 4.86. The summed E-state index contributed by atoms with van der Waals surface area (Å²) in [6.07, 6.45) is 1.00. The molecule has 0 bridgehead atoms. The number of oxazole rings is 1. The lowest BCUT2D eigenvalue weighted by molar-refractivity contribution is 0.619. The minimum absolute atomic E-state index is 0.522. The molecule has 0 saturated carbocycles. The first-order valence-electron chi connectivity index (χ1n) is 6.49. The van der Waals surface area contributed by atoms with E-state index in [2.05, 4.69) is 24.0 Å². The number of fused-ring (bicyclic) bond motifs is 1. The van der Waals surface area contributed by atoms with Crippen LogP contribution in [0.2, 0.25) is 0 Å². The molecule has 0 fully saturated rings.